The first-order chi connectivity index (χ1) is 17.9. The Bertz CT molecular complexity index is 1270. The van der Waals surface area contributed by atoms with Crippen molar-refractivity contribution in [3.05, 3.63) is 99.3 Å². The maximum atomic E-state index is 14.2. The summed E-state index contributed by atoms with van der Waals surface area (Å²) in [4.78, 5) is 29.3. The standard InChI is InChI=1S/C29H28Cl2FN3O2/c30-23-11-9-20(10-12-23)28(36)33-13-3-5-19-4-1-6-24(14-19)34-15-21-17-35(18-22(21)16-34)29(37)27-25(31)7-2-8-26(27)32/h1-2,4,6-12,14,21-22H,3,5,13,15-18H2,(H,33,36). The van der Waals surface area contributed by atoms with Crippen LogP contribution in [0.5, 0.6) is 0 Å². The number of halogens is 3. The zero-order chi connectivity index (χ0) is 25.9. The maximum absolute atomic E-state index is 14.2. The molecular weight excluding hydrogens is 512 g/mol. The van der Waals surface area contributed by atoms with E-state index in [1.165, 1.54) is 23.4 Å². The predicted octanol–water partition coefficient (Wildman–Crippen LogP) is 5.70. The van der Waals surface area contributed by atoms with Crippen molar-refractivity contribution < 1.29 is 14.0 Å². The number of amides is 2. The molecule has 0 spiro atoms. The molecule has 2 heterocycles. The van der Waals surface area contributed by atoms with Crippen molar-refractivity contribution >= 4 is 40.7 Å². The Balaban J connectivity index is 1.12. The Morgan fingerprint density at radius 3 is 2.32 bits per heavy atom. The third-order valence-corrected chi connectivity index (χ3v) is 7.83. The molecule has 2 amide bonds. The highest BCUT2D eigenvalue weighted by atomic mass is 35.5. The molecule has 0 aliphatic carbocycles. The number of likely N-dealkylation sites (tertiary alicyclic amines) is 1. The number of rotatable bonds is 7. The highest BCUT2D eigenvalue weighted by Crippen LogP contribution is 2.35. The summed E-state index contributed by atoms with van der Waals surface area (Å²) in [6.07, 6.45) is 1.70. The van der Waals surface area contributed by atoms with Crippen LogP contribution >= 0.6 is 23.2 Å². The number of carbonyl (C=O) groups excluding carboxylic acids is 2. The number of anilines is 1. The summed E-state index contributed by atoms with van der Waals surface area (Å²) in [5.74, 6) is -0.298. The van der Waals surface area contributed by atoms with Crippen molar-refractivity contribution in [2.24, 2.45) is 11.8 Å². The molecule has 2 aliphatic rings. The molecule has 5 rings (SSSR count). The molecule has 37 heavy (non-hydrogen) atoms. The van der Waals surface area contributed by atoms with Gasteiger partial charge in [0, 0.05) is 60.8 Å². The van der Waals surface area contributed by atoms with E-state index in [4.69, 9.17) is 23.2 Å². The van der Waals surface area contributed by atoms with Gasteiger partial charge in [0.05, 0.1) is 10.6 Å². The number of aryl methyl sites for hydroxylation is 1. The van der Waals surface area contributed by atoms with Crippen LogP contribution in [-0.2, 0) is 6.42 Å². The van der Waals surface area contributed by atoms with Gasteiger partial charge in [0.1, 0.15) is 5.82 Å². The van der Waals surface area contributed by atoms with Crippen LogP contribution in [0.4, 0.5) is 10.1 Å². The van der Waals surface area contributed by atoms with E-state index in [1.54, 1.807) is 35.2 Å². The van der Waals surface area contributed by atoms with Crippen molar-refractivity contribution in [2.45, 2.75) is 12.8 Å². The minimum atomic E-state index is -0.572. The molecule has 0 bridgehead atoms. The topological polar surface area (TPSA) is 52.7 Å². The third kappa shape index (κ3) is 5.76. The average molecular weight is 540 g/mol. The van der Waals surface area contributed by atoms with Gasteiger partial charge < -0.3 is 15.1 Å². The Morgan fingerprint density at radius 1 is 0.919 bits per heavy atom. The van der Waals surface area contributed by atoms with E-state index in [9.17, 15) is 14.0 Å². The molecule has 0 radical (unpaired) electrons. The molecule has 3 aromatic rings. The summed E-state index contributed by atoms with van der Waals surface area (Å²) < 4.78 is 14.2. The second kappa shape index (κ2) is 11.1. The van der Waals surface area contributed by atoms with E-state index in [2.05, 4.69) is 34.5 Å². The van der Waals surface area contributed by atoms with Crippen LogP contribution in [0.15, 0.2) is 66.7 Å². The second-order valence-electron chi connectivity index (χ2n) is 9.77. The predicted molar refractivity (Wildman–Crippen MR) is 145 cm³/mol. The van der Waals surface area contributed by atoms with Crippen molar-refractivity contribution in [3.8, 4) is 0 Å². The maximum Gasteiger partial charge on any atom is 0.258 e. The number of nitrogens with zero attached hydrogens (tertiary/aromatic N) is 2. The molecule has 192 valence electrons. The van der Waals surface area contributed by atoms with Crippen molar-refractivity contribution in [1.82, 2.24) is 10.2 Å². The average Bonchev–Trinajstić information content (AvgIpc) is 3.47. The molecule has 0 saturated carbocycles. The van der Waals surface area contributed by atoms with Crippen LogP contribution in [-0.4, -0.2) is 49.4 Å². The summed E-state index contributed by atoms with van der Waals surface area (Å²) in [5, 5.41) is 3.73. The molecule has 2 unspecified atom stereocenters. The molecule has 1 N–H and O–H groups in total. The summed E-state index contributed by atoms with van der Waals surface area (Å²) in [6.45, 7) is 3.53. The number of nitrogens with one attached hydrogen (secondary N) is 1. The minimum Gasteiger partial charge on any atom is -0.371 e. The monoisotopic (exact) mass is 539 g/mol. The van der Waals surface area contributed by atoms with Crippen LogP contribution in [0.2, 0.25) is 10.0 Å². The van der Waals surface area contributed by atoms with E-state index in [1.807, 2.05) is 0 Å². The van der Waals surface area contributed by atoms with Gasteiger partial charge in [0.25, 0.3) is 11.8 Å². The lowest BCUT2D eigenvalue weighted by molar-refractivity contribution is 0.0777. The van der Waals surface area contributed by atoms with E-state index in [0.29, 0.717) is 42.1 Å². The van der Waals surface area contributed by atoms with Gasteiger partial charge in [0.2, 0.25) is 0 Å². The summed E-state index contributed by atoms with van der Waals surface area (Å²) >= 11 is 12.0. The zero-order valence-electron chi connectivity index (χ0n) is 20.3. The normalized spacial score (nSPS) is 18.7. The molecule has 0 aromatic heterocycles. The highest BCUT2D eigenvalue weighted by molar-refractivity contribution is 6.33. The van der Waals surface area contributed by atoms with Crippen molar-refractivity contribution in [3.63, 3.8) is 0 Å². The minimum absolute atomic E-state index is 0.0296. The van der Waals surface area contributed by atoms with Crippen LogP contribution in [0.25, 0.3) is 0 Å². The molecule has 5 nitrogen and oxygen atoms in total. The van der Waals surface area contributed by atoms with Gasteiger partial charge in [-0.25, -0.2) is 4.39 Å². The van der Waals surface area contributed by atoms with E-state index >= 15 is 0 Å². The SMILES string of the molecule is O=C(NCCCc1cccc(N2CC3CN(C(=O)c4c(F)cccc4Cl)CC3C2)c1)c1ccc(Cl)cc1. The van der Waals surface area contributed by atoms with Gasteiger partial charge in [-0.1, -0.05) is 41.4 Å². The fraction of sp³-hybridized carbons (Fsp3) is 0.310. The van der Waals surface area contributed by atoms with Crippen LogP contribution in [0.3, 0.4) is 0 Å². The Kier molecular flexibility index (Phi) is 7.68. The van der Waals surface area contributed by atoms with Gasteiger partial charge in [-0.05, 0) is 66.9 Å². The van der Waals surface area contributed by atoms with Crippen LogP contribution in [0.1, 0.15) is 32.7 Å². The molecule has 2 fully saturated rings. The molecule has 2 atom stereocenters. The molecule has 2 saturated heterocycles. The number of carbonyl (C=O) groups is 2. The van der Waals surface area contributed by atoms with Gasteiger partial charge in [-0.2, -0.15) is 0 Å². The van der Waals surface area contributed by atoms with Gasteiger partial charge in [-0.3, -0.25) is 9.59 Å². The van der Waals surface area contributed by atoms with Gasteiger partial charge in [0.15, 0.2) is 0 Å². The lowest BCUT2D eigenvalue weighted by atomic mass is 10.0. The van der Waals surface area contributed by atoms with E-state index in [-0.39, 0.29) is 22.4 Å². The van der Waals surface area contributed by atoms with E-state index in [0.717, 1.165) is 25.9 Å². The second-order valence-corrected chi connectivity index (χ2v) is 10.6. The molecular formula is C29H28Cl2FN3O2. The highest BCUT2D eigenvalue weighted by Gasteiger charge is 2.42. The summed E-state index contributed by atoms with van der Waals surface area (Å²) in [5.41, 5.74) is 2.97. The van der Waals surface area contributed by atoms with Crippen molar-refractivity contribution in [1.29, 1.82) is 0 Å². The van der Waals surface area contributed by atoms with E-state index < -0.39 is 5.82 Å². The first-order valence-corrected chi connectivity index (χ1v) is 13.3. The summed E-state index contributed by atoms with van der Waals surface area (Å²) in [6, 6.07) is 19.7. The third-order valence-electron chi connectivity index (χ3n) is 7.26. The fourth-order valence-electron chi connectivity index (χ4n) is 5.34. The smallest absolute Gasteiger partial charge is 0.258 e. The quantitative estimate of drug-likeness (QED) is 0.391. The van der Waals surface area contributed by atoms with Gasteiger partial charge >= 0.3 is 0 Å². The Hall–Kier alpha value is -3.09. The number of hydrogen-bond donors (Lipinski definition) is 1. The summed E-state index contributed by atoms with van der Waals surface area (Å²) in [7, 11) is 0. The largest absolute Gasteiger partial charge is 0.371 e. The van der Waals surface area contributed by atoms with Crippen molar-refractivity contribution in [2.75, 3.05) is 37.6 Å². The van der Waals surface area contributed by atoms with Gasteiger partial charge in [-0.15, -0.1) is 0 Å². The number of fused-ring (bicyclic) bond motifs is 1. The molecule has 8 heteroatoms. The lowest BCUT2D eigenvalue weighted by Crippen LogP contribution is -2.34. The van der Waals surface area contributed by atoms with Crippen LogP contribution in [0, 0.1) is 17.7 Å². The first-order valence-electron chi connectivity index (χ1n) is 12.5. The van der Waals surface area contributed by atoms with Crippen LogP contribution < -0.4 is 10.2 Å². The number of hydrogen-bond acceptors (Lipinski definition) is 3. The zero-order valence-corrected chi connectivity index (χ0v) is 21.8. The molecule has 2 aliphatic heterocycles. The Morgan fingerprint density at radius 2 is 1.62 bits per heavy atom. The fourth-order valence-corrected chi connectivity index (χ4v) is 5.71. The first kappa shape index (κ1) is 25.6. The molecule has 3 aromatic carbocycles. The lowest BCUT2D eigenvalue weighted by Gasteiger charge is -2.24. The Labute approximate surface area is 226 Å². The number of benzene rings is 3.